The number of benzene rings is 1. The molecule has 144 valence electrons. The zero-order valence-electron chi connectivity index (χ0n) is 15.4. The molecule has 0 aliphatic rings. The summed E-state index contributed by atoms with van der Waals surface area (Å²) in [7, 11) is 1.31. The van der Waals surface area contributed by atoms with Crippen molar-refractivity contribution in [3.63, 3.8) is 0 Å². The van der Waals surface area contributed by atoms with E-state index in [4.69, 9.17) is 15.2 Å². The number of hydrogen-bond acceptors (Lipinski definition) is 6. The molecule has 0 atom stereocenters. The van der Waals surface area contributed by atoms with Crippen LogP contribution in [-0.4, -0.2) is 31.5 Å². The van der Waals surface area contributed by atoms with E-state index in [2.05, 4.69) is 5.32 Å². The van der Waals surface area contributed by atoms with E-state index < -0.39 is 17.8 Å². The number of esters is 1. The molecule has 0 aliphatic carbocycles. The van der Waals surface area contributed by atoms with Gasteiger partial charge in [0.05, 0.1) is 12.7 Å². The topological polar surface area (TPSA) is 108 Å². The van der Waals surface area contributed by atoms with Gasteiger partial charge in [-0.1, -0.05) is 19.9 Å². The number of amides is 2. The van der Waals surface area contributed by atoms with Crippen LogP contribution in [0.2, 0.25) is 0 Å². The van der Waals surface area contributed by atoms with Crippen LogP contribution in [0.4, 0.5) is 5.00 Å². The first kappa shape index (κ1) is 20.4. The van der Waals surface area contributed by atoms with Crippen molar-refractivity contribution in [2.75, 3.05) is 19.0 Å². The lowest BCUT2D eigenvalue weighted by molar-refractivity contribution is -0.118. The van der Waals surface area contributed by atoms with Gasteiger partial charge in [0.15, 0.2) is 6.61 Å². The molecule has 0 bridgehead atoms. The van der Waals surface area contributed by atoms with Crippen LogP contribution in [0, 0.1) is 5.92 Å². The molecule has 2 rings (SSSR count). The summed E-state index contributed by atoms with van der Waals surface area (Å²) in [5.41, 5.74) is 6.72. The fraction of sp³-hybridized carbons (Fsp3) is 0.316. The zero-order chi connectivity index (χ0) is 20.0. The first-order valence-corrected chi connectivity index (χ1v) is 9.21. The number of carbonyl (C=O) groups is 3. The summed E-state index contributed by atoms with van der Waals surface area (Å²) in [5.74, 6) is -0.794. The van der Waals surface area contributed by atoms with Gasteiger partial charge in [0, 0.05) is 5.56 Å². The number of anilines is 1. The quantitative estimate of drug-likeness (QED) is 0.674. The summed E-state index contributed by atoms with van der Waals surface area (Å²) in [4.78, 5) is 35.5. The highest BCUT2D eigenvalue weighted by molar-refractivity contribution is 7.15. The van der Waals surface area contributed by atoms with Gasteiger partial charge in [0.25, 0.3) is 5.91 Å². The molecule has 0 radical (unpaired) electrons. The van der Waals surface area contributed by atoms with Crippen molar-refractivity contribution >= 4 is 34.1 Å². The second-order valence-electron chi connectivity index (χ2n) is 6.28. The Morgan fingerprint density at radius 2 is 2.00 bits per heavy atom. The van der Waals surface area contributed by atoms with Gasteiger partial charge in [-0.05, 0) is 41.5 Å². The largest absolute Gasteiger partial charge is 0.484 e. The van der Waals surface area contributed by atoms with Gasteiger partial charge >= 0.3 is 5.97 Å². The Morgan fingerprint density at radius 3 is 2.63 bits per heavy atom. The Labute approximate surface area is 161 Å². The maximum atomic E-state index is 12.2. The predicted molar refractivity (Wildman–Crippen MR) is 103 cm³/mol. The fourth-order valence-electron chi connectivity index (χ4n) is 2.45. The molecular formula is C19H22N2O5S. The minimum atomic E-state index is -0.580. The van der Waals surface area contributed by atoms with Crippen molar-refractivity contribution < 1.29 is 23.9 Å². The van der Waals surface area contributed by atoms with Crippen LogP contribution >= 0.6 is 11.3 Å². The number of nitrogens with one attached hydrogen (secondary N) is 1. The van der Waals surface area contributed by atoms with Crippen molar-refractivity contribution in [2.24, 2.45) is 11.7 Å². The zero-order valence-corrected chi connectivity index (χ0v) is 16.2. The third-order valence-corrected chi connectivity index (χ3v) is 4.57. The third kappa shape index (κ3) is 5.55. The van der Waals surface area contributed by atoms with Gasteiger partial charge in [-0.2, -0.15) is 0 Å². The van der Waals surface area contributed by atoms with Crippen molar-refractivity contribution in [1.82, 2.24) is 0 Å². The Kier molecular flexibility index (Phi) is 6.95. The summed E-state index contributed by atoms with van der Waals surface area (Å²) >= 11 is 1.27. The number of methoxy groups -OCH3 is 1. The van der Waals surface area contributed by atoms with Crippen LogP contribution in [0.15, 0.2) is 29.6 Å². The summed E-state index contributed by atoms with van der Waals surface area (Å²) in [6, 6.07) is 6.24. The molecule has 2 amide bonds. The summed E-state index contributed by atoms with van der Waals surface area (Å²) in [6.07, 6.45) is 0.702. The van der Waals surface area contributed by atoms with E-state index in [0.717, 1.165) is 5.56 Å². The second kappa shape index (κ2) is 9.18. The van der Waals surface area contributed by atoms with Crippen molar-refractivity contribution in [3.8, 4) is 5.75 Å². The number of ether oxygens (including phenoxy) is 2. The molecule has 0 spiro atoms. The first-order valence-electron chi connectivity index (χ1n) is 8.33. The van der Waals surface area contributed by atoms with E-state index in [0.29, 0.717) is 28.7 Å². The summed E-state index contributed by atoms with van der Waals surface area (Å²) < 4.78 is 10.2. The maximum Gasteiger partial charge on any atom is 0.341 e. The average Bonchev–Trinajstić information content (AvgIpc) is 3.00. The van der Waals surface area contributed by atoms with Crippen LogP contribution in [-0.2, 0) is 16.0 Å². The molecule has 0 fully saturated rings. The second-order valence-corrected chi connectivity index (χ2v) is 7.16. The maximum absolute atomic E-state index is 12.2. The lowest BCUT2D eigenvalue weighted by Crippen LogP contribution is -2.21. The van der Waals surface area contributed by atoms with Crippen LogP contribution in [0.1, 0.15) is 40.1 Å². The Morgan fingerprint density at radius 1 is 1.26 bits per heavy atom. The number of thiophene rings is 1. The summed E-state index contributed by atoms with van der Waals surface area (Å²) in [6.45, 7) is 3.82. The summed E-state index contributed by atoms with van der Waals surface area (Å²) in [5, 5.41) is 4.96. The van der Waals surface area contributed by atoms with E-state index >= 15 is 0 Å². The Bertz CT molecular complexity index is 844. The monoisotopic (exact) mass is 390 g/mol. The molecule has 0 saturated carbocycles. The molecular weight excluding hydrogens is 368 g/mol. The van der Waals surface area contributed by atoms with E-state index in [1.54, 1.807) is 18.2 Å². The van der Waals surface area contributed by atoms with E-state index in [1.807, 2.05) is 19.2 Å². The standard InChI is InChI=1S/C19H22N2O5S/c1-11(2)7-13-10-27-18(16(13)19(24)25-3)21-15(22)9-26-14-6-4-5-12(8-14)17(20)23/h4-6,8,10-11H,7,9H2,1-3H3,(H2,20,23)(H,21,22). The number of carbonyl (C=O) groups excluding carboxylic acids is 3. The van der Waals surface area contributed by atoms with Crippen molar-refractivity contribution in [2.45, 2.75) is 20.3 Å². The molecule has 3 N–H and O–H groups in total. The molecule has 7 nitrogen and oxygen atoms in total. The van der Waals surface area contributed by atoms with Gasteiger partial charge < -0.3 is 20.5 Å². The molecule has 2 aromatic rings. The Balaban J connectivity index is 2.07. The van der Waals surface area contributed by atoms with Crippen LogP contribution in [0.3, 0.4) is 0 Å². The third-order valence-electron chi connectivity index (χ3n) is 3.63. The molecule has 1 heterocycles. The minimum absolute atomic E-state index is 0.278. The first-order chi connectivity index (χ1) is 12.8. The lowest BCUT2D eigenvalue weighted by atomic mass is 10.0. The van der Waals surface area contributed by atoms with E-state index in [1.165, 1.54) is 24.5 Å². The minimum Gasteiger partial charge on any atom is -0.484 e. The van der Waals surface area contributed by atoms with Gasteiger partial charge in [-0.15, -0.1) is 11.3 Å². The van der Waals surface area contributed by atoms with Crippen molar-refractivity contribution in [1.29, 1.82) is 0 Å². The highest BCUT2D eigenvalue weighted by Crippen LogP contribution is 2.30. The lowest BCUT2D eigenvalue weighted by Gasteiger charge is -2.10. The molecule has 1 aromatic carbocycles. The highest BCUT2D eigenvalue weighted by atomic mass is 32.1. The normalized spacial score (nSPS) is 10.5. The fourth-order valence-corrected chi connectivity index (χ4v) is 3.43. The van der Waals surface area contributed by atoms with Crippen LogP contribution in [0.25, 0.3) is 0 Å². The average molecular weight is 390 g/mol. The molecule has 1 aromatic heterocycles. The van der Waals surface area contributed by atoms with Gasteiger partial charge in [0.1, 0.15) is 10.8 Å². The van der Waals surface area contributed by atoms with Crippen LogP contribution in [0.5, 0.6) is 5.75 Å². The van der Waals surface area contributed by atoms with Crippen molar-refractivity contribution in [3.05, 3.63) is 46.3 Å². The molecule has 0 unspecified atom stereocenters. The van der Waals surface area contributed by atoms with Crippen LogP contribution < -0.4 is 15.8 Å². The predicted octanol–water partition coefficient (Wildman–Crippen LogP) is 2.85. The smallest absolute Gasteiger partial charge is 0.341 e. The van der Waals surface area contributed by atoms with Gasteiger partial charge in [0.2, 0.25) is 5.91 Å². The number of primary amides is 1. The number of hydrogen-bond donors (Lipinski definition) is 2. The molecule has 0 aliphatic heterocycles. The molecule has 8 heteroatoms. The Hall–Kier alpha value is -2.87. The van der Waals surface area contributed by atoms with E-state index in [-0.39, 0.29) is 12.2 Å². The SMILES string of the molecule is COC(=O)c1c(CC(C)C)csc1NC(=O)COc1cccc(C(N)=O)c1. The molecule has 27 heavy (non-hydrogen) atoms. The highest BCUT2D eigenvalue weighted by Gasteiger charge is 2.21. The van der Waals surface area contributed by atoms with Gasteiger partial charge in [-0.3, -0.25) is 9.59 Å². The van der Waals surface area contributed by atoms with Gasteiger partial charge in [-0.25, -0.2) is 4.79 Å². The van der Waals surface area contributed by atoms with E-state index in [9.17, 15) is 14.4 Å². The number of nitrogens with two attached hydrogens (primary N) is 1. The number of rotatable bonds is 8. The molecule has 0 saturated heterocycles.